The van der Waals surface area contributed by atoms with Crippen LogP contribution in [0.15, 0.2) is 30.3 Å². The van der Waals surface area contributed by atoms with Crippen LogP contribution in [0.5, 0.6) is 0 Å². The highest BCUT2D eigenvalue weighted by molar-refractivity contribution is 6.77. The lowest BCUT2D eigenvalue weighted by Gasteiger charge is -2.29. The SMILES string of the molecule is CC(C)[C@H](N[C@H](CO)c1ccccc1)[C](=O)[AlH][C](C)(C)C. The van der Waals surface area contributed by atoms with Crippen LogP contribution in [0.1, 0.15) is 46.2 Å². The lowest BCUT2D eigenvalue weighted by Crippen LogP contribution is -2.47. The number of aliphatic hydroxyl groups is 1. The van der Waals surface area contributed by atoms with Crippen molar-refractivity contribution < 1.29 is 9.90 Å². The molecule has 0 saturated carbocycles. The van der Waals surface area contributed by atoms with Gasteiger partial charge in [-0.2, -0.15) is 0 Å². The van der Waals surface area contributed by atoms with E-state index in [1.165, 1.54) is 0 Å². The van der Waals surface area contributed by atoms with E-state index in [1.54, 1.807) is 0 Å². The highest BCUT2D eigenvalue weighted by atomic mass is 27.1. The van der Waals surface area contributed by atoms with Crippen LogP contribution in [0.25, 0.3) is 0 Å². The molecule has 2 N–H and O–H groups in total. The minimum Gasteiger partial charge on any atom is -0.394 e. The summed E-state index contributed by atoms with van der Waals surface area (Å²) in [5.74, 6) is 0.227. The summed E-state index contributed by atoms with van der Waals surface area (Å²) in [6.45, 7) is 10.5. The van der Waals surface area contributed by atoms with E-state index >= 15 is 0 Å². The first kappa shape index (κ1) is 18.4. The Hall–Kier alpha value is -0.658. The molecular weight excluding hydrogens is 277 g/mol. The highest BCUT2D eigenvalue weighted by Crippen LogP contribution is 2.22. The summed E-state index contributed by atoms with van der Waals surface area (Å²) >= 11 is -0.830. The molecule has 21 heavy (non-hydrogen) atoms. The zero-order chi connectivity index (χ0) is 16.0. The van der Waals surface area contributed by atoms with E-state index < -0.39 is 15.2 Å². The molecule has 1 aromatic rings. The van der Waals surface area contributed by atoms with Crippen molar-refractivity contribution >= 4 is 19.9 Å². The minimum absolute atomic E-state index is 0.00239. The number of hydrogen-bond donors (Lipinski definition) is 2. The lowest BCUT2D eigenvalue weighted by molar-refractivity contribution is -0.115. The Kier molecular flexibility index (Phi) is 7.10. The second kappa shape index (κ2) is 8.10. The number of rotatable bonds is 7. The molecule has 2 atom stereocenters. The Balaban J connectivity index is 2.84. The standard InChI is InChI=1S/C13H18NO2.C4H9.Al.H/c1-10(2)12(8-15)14-13(9-16)11-6-4-3-5-7-11;1-4(2)3;;/h3-7,10,12-14,16H,9H2,1-2H3;1-3H3;;/t12-,13-;;;/m1.../s1. The van der Waals surface area contributed by atoms with Crippen molar-refractivity contribution in [1.29, 1.82) is 0 Å². The van der Waals surface area contributed by atoms with E-state index in [2.05, 4.69) is 39.9 Å². The number of carbonyl (C=O) groups excluding carboxylic acids is 1. The van der Waals surface area contributed by atoms with Gasteiger partial charge in [0.15, 0.2) is 0 Å². The largest absolute Gasteiger partial charge is 0.394 e. The molecule has 0 aliphatic rings. The maximum Gasteiger partial charge on any atom is 0.351 e. The quantitative estimate of drug-likeness (QED) is 0.761. The van der Waals surface area contributed by atoms with E-state index in [0.717, 1.165) is 5.56 Å². The van der Waals surface area contributed by atoms with Crippen molar-refractivity contribution in [1.82, 2.24) is 5.32 Å². The summed E-state index contributed by atoms with van der Waals surface area (Å²) in [5.41, 5.74) is 1.02. The molecule has 0 spiro atoms. The summed E-state index contributed by atoms with van der Waals surface area (Å²) in [6, 6.07) is 9.47. The van der Waals surface area contributed by atoms with E-state index in [9.17, 15) is 9.90 Å². The molecule has 0 unspecified atom stereocenters. The first-order valence-electron chi connectivity index (χ1n) is 7.69. The molecule has 0 aliphatic carbocycles. The zero-order valence-corrected chi connectivity index (χ0v) is 15.3. The van der Waals surface area contributed by atoms with Crippen molar-refractivity contribution in [2.45, 2.75) is 51.0 Å². The molecule has 0 aromatic heterocycles. The zero-order valence-electron chi connectivity index (χ0n) is 13.9. The van der Waals surface area contributed by atoms with Gasteiger partial charge in [-0.1, -0.05) is 69.2 Å². The van der Waals surface area contributed by atoms with Gasteiger partial charge in [0.2, 0.25) is 0 Å². The summed E-state index contributed by atoms with van der Waals surface area (Å²) in [4.78, 5) is 12.6. The molecule has 0 radical (unpaired) electrons. The van der Waals surface area contributed by atoms with Crippen LogP contribution in [-0.4, -0.2) is 37.6 Å². The number of carbonyl (C=O) groups is 1. The topological polar surface area (TPSA) is 49.3 Å². The van der Waals surface area contributed by atoms with Gasteiger partial charge in [-0.15, -0.1) is 0 Å². The van der Waals surface area contributed by atoms with Gasteiger partial charge in [-0.3, -0.25) is 5.32 Å². The van der Waals surface area contributed by atoms with Gasteiger partial charge in [-0.25, -0.2) is 0 Å². The Bertz CT molecular complexity index is 440. The Morgan fingerprint density at radius 2 is 1.81 bits per heavy atom. The van der Waals surface area contributed by atoms with Crippen LogP contribution in [0, 0.1) is 5.92 Å². The van der Waals surface area contributed by atoms with Gasteiger partial charge >= 0.3 is 15.2 Å². The third-order valence-electron chi connectivity index (χ3n) is 3.48. The van der Waals surface area contributed by atoms with Gasteiger partial charge in [0, 0.05) is 0 Å². The molecule has 0 aliphatic heterocycles. The predicted molar refractivity (Wildman–Crippen MR) is 89.9 cm³/mol. The smallest absolute Gasteiger partial charge is 0.351 e. The number of benzene rings is 1. The maximum atomic E-state index is 12.6. The van der Waals surface area contributed by atoms with Crippen molar-refractivity contribution in [3.05, 3.63) is 35.9 Å². The van der Waals surface area contributed by atoms with Gasteiger partial charge < -0.3 is 9.90 Å². The van der Waals surface area contributed by atoms with Crippen LogP contribution >= 0.6 is 0 Å². The lowest BCUT2D eigenvalue weighted by atomic mass is 10.0. The van der Waals surface area contributed by atoms with E-state index in [1.807, 2.05) is 30.3 Å². The fourth-order valence-corrected chi connectivity index (χ4v) is 4.30. The fraction of sp³-hybridized carbons (Fsp3) is 0.588. The number of aliphatic hydroxyl groups excluding tert-OH is 1. The third kappa shape index (κ3) is 6.32. The van der Waals surface area contributed by atoms with Crippen molar-refractivity contribution in [3.8, 4) is 0 Å². The molecule has 0 bridgehead atoms. The molecule has 0 saturated heterocycles. The normalized spacial score (nSPS) is 14.8. The Morgan fingerprint density at radius 1 is 1.24 bits per heavy atom. The molecule has 116 valence electrons. The molecular formula is C17H28AlNO2. The molecule has 0 amide bonds. The molecule has 1 rings (SSSR count). The number of hydrogen-bond acceptors (Lipinski definition) is 3. The maximum absolute atomic E-state index is 12.6. The molecule has 4 heteroatoms. The fourth-order valence-electron chi connectivity index (χ4n) is 2.45. The average Bonchev–Trinajstić information content (AvgIpc) is 2.38. The number of nitrogens with one attached hydrogen (secondary N) is 1. The van der Waals surface area contributed by atoms with Gasteiger partial charge in [0.1, 0.15) is 0 Å². The van der Waals surface area contributed by atoms with E-state index in [0.29, 0.717) is 4.65 Å². The molecule has 1 aromatic carbocycles. The van der Waals surface area contributed by atoms with Crippen LogP contribution < -0.4 is 5.32 Å². The summed E-state index contributed by atoms with van der Waals surface area (Å²) < 4.78 is 0.472. The van der Waals surface area contributed by atoms with E-state index in [4.69, 9.17) is 0 Å². The van der Waals surface area contributed by atoms with Crippen molar-refractivity contribution in [3.63, 3.8) is 0 Å². The first-order chi connectivity index (χ1) is 9.74. The molecule has 0 heterocycles. The van der Waals surface area contributed by atoms with E-state index in [-0.39, 0.29) is 28.9 Å². The van der Waals surface area contributed by atoms with Crippen LogP contribution in [0.3, 0.4) is 0 Å². The van der Waals surface area contributed by atoms with Crippen molar-refractivity contribution in [2.24, 2.45) is 5.92 Å². The van der Waals surface area contributed by atoms with Crippen molar-refractivity contribution in [2.75, 3.05) is 6.61 Å². The Labute approximate surface area is 134 Å². The Morgan fingerprint density at radius 3 is 2.24 bits per heavy atom. The van der Waals surface area contributed by atoms with Crippen LogP contribution in [-0.2, 0) is 4.79 Å². The highest BCUT2D eigenvalue weighted by Gasteiger charge is 2.30. The second-order valence-electron chi connectivity index (χ2n) is 7.24. The van der Waals surface area contributed by atoms with Crippen LogP contribution in [0.2, 0.25) is 4.28 Å². The summed E-state index contributed by atoms with van der Waals surface area (Å²) in [5, 5.41) is 13.0. The van der Waals surface area contributed by atoms with Gasteiger partial charge in [0.25, 0.3) is 0 Å². The summed E-state index contributed by atoms with van der Waals surface area (Å²) in [6.07, 6.45) is 0. The average molecular weight is 305 g/mol. The molecule has 3 nitrogen and oxygen atoms in total. The summed E-state index contributed by atoms with van der Waals surface area (Å²) in [7, 11) is 0. The third-order valence-corrected chi connectivity index (χ3v) is 5.33. The first-order valence-corrected chi connectivity index (χ1v) is 9.10. The van der Waals surface area contributed by atoms with Gasteiger partial charge in [-0.05, 0) is 11.5 Å². The predicted octanol–water partition coefficient (Wildman–Crippen LogP) is 2.52. The van der Waals surface area contributed by atoms with Gasteiger partial charge in [0.05, 0.1) is 23.3 Å². The second-order valence-corrected chi connectivity index (χ2v) is 10.4. The molecule has 0 fully saturated rings. The minimum atomic E-state index is -0.830. The van der Waals surface area contributed by atoms with Crippen LogP contribution in [0.4, 0.5) is 0 Å². The monoisotopic (exact) mass is 305 g/mol.